The molecular formula is C22H23N3OS. The average Bonchev–Trinajstić information content (AvgIpc) is 3.26. The van der Waals surface area contributed by atoms with Crippen molar-refractivity contribution in [1.82, 2.24) is 14.9 Å². The lowest BCUT2D eigenvalue weighted by Gasteiger charge is -2.14. The molecule has 0 spiro atoms. The van der Waals surface area contributed by atoms with E-state index in [1.54, 1.807) is 6.20 Å². The van der Waals surface area contributed by atoms with Crippen LogP contribution < -0.4 is 5.32 Å². The second-order valence-corrected chi connectivity index (χ2v) is 8.01. The molecule has 4 rings (SSSR count). The third kappa shape index (κ3) is 3.93. The number of aromatic nitrogens is 2. The molecule has 0 saturated heterocycles. The standard InChI is InChI=1S/C22H23N3OS/c1-15-11-16(2)13-18(12-15)25-10-9-23-22(25)27-14-21(26)24-20-8-7-17-5-3-4-6-19(17)20/h3-6,9-13,20H,7-8,14H2,1-2H3,(H,24,26). The molecule has 1 heterocycles. The van der Waals surface area contributed by atoms with E-state index in [1.165, 1.54) is 34.0 Å². The molecule has 138 valence electrons. The highest BCUT2D eigenvalue weighted by molar-refractivity contribution is 7.99. The lowest BCUT2D eigenvalue weighted by atomic mass is 10.1. The van der Waals surface area contributed by atoms with Gasteiger partial charge in [-0.05, 0) is 61.1 Å². The van der Waals surface area contributed by atoms with Crippen molar-refractivity contribution in [3.63, 3.8) is 0 Å². The summed E-state index contributed by atoms with van der Waals surface area (Å²) in [4.78, 5) is 16.9. The van der Waals surface area contributed by atoms with Crippen molar-refractivity contribution in [2.24, 2.45) is 0 Å². The summed E-state index contributed by atoms with van der Waals surface area (Å²) in [5.74, 6) is 0.414. The molecule has 0 saturated carbocycles. The van der Waals surface area contributed by atoms with Crippen molar-refractivity contribution in [3.05, 3.63) is 77.1 Å². The van der Waals surface area contributed by atoms with Crippen molar-refractivity contribution in [3.8, 4) is 5.69 Å². The molecule has 27 heavy (non-hydrogen) atoms. The van der Waals surface area contributed by atoms with Crippen LogP contribution in [-0.4, -0.2) is 21.2 Å². The minimum Gasteiger partial charge on any atom is -0.349 e. The summed E-state index contributed by atoms with van der Waals surface area (Å²) in [7, 11) is 0. The minimum atomic E-state index is 0.0525. The van der Waals surface area contributed by atoms with Gasteiger partial charge in [-0.3, -0.25) is 9.36 Å². The maximum atomic E-state index is 12.5. The summed E-state index contributed by atoms with van der Waals surface area (Å²) in [5.41, 5.74) is 6.12. The highest BCUT2D eigenvalue weighted by Gasteiger charge is 2.23. The van der Waals surface area contributed by atoms with E-state index >= 15 is 0 Å². The number of hydrogen-bond donors (Lipinski definition) is 1. The lowest BCUT2D eigenvalue weighted by Crippen LogP contribution is -2.28. The quantitative estimate of drug-likeness (QED) is 0.671. The zero-order valence-electron chi connectivity index (χ0n) is 15.6. The van der Waals surface area contributed by atoms with Gasteiger partial charge < -0.3 is 5.32 Å². The summed E-state index contributed by atoms with van der Waals surface area (Å²) in [5, 5.41) is 4.01. The van der Waals surface area contributed by atoms with Crippen LogP contribution in [0.5, 0.6) is 0 Å². The Morgan fingerprint density at radius 1 is 1.22 bits per heavy atom. The fourth-order valence-corrected chi connectivity index (χ4v) is 4.54. The van der Waals surface area contributed by atoms with Gasteiger partial charge in [0.25, 0.3) is 0 Å². The predicted octanol–water partition coefficient (Wildman–Crippen LogP) is 4.38. The zero-order valence-corrected chi connectivity index (χ0v) is 16.4. The number of hydrogen-bond acceptors (Lipinski definition) is 3. The first-order chi connectivity index (χ1) is 13.1. The number of benzene rings is 2. The second-order valence-electron chi connectivity index (χ2n) is 7.07. The molecule has 0 radical (unpaired) electrons. The fraction of sp³-hybridized carbons (Fsp3) is 0.273. The van der Waals surface area contributed by atoms with E-state index in [0.29, 0.717) is 5.75 Å². The molecule has 0 bridgehead atoms. The molecule has 1 atom stereocenters. The first kappa shape index (κ1) is 17.9. The third-order valence-electron chi connectivity index (χ3n) is 4.89. The van der Waals surface area contributed by atoms with Gasteiger partial charge in [0.05, 0.1) is 11.8 Å². The van der Waals surface area contributed by atoms with Crippen molar-refractivity contribution in [2.45, 2.75) is 37.9 Å². The lowest BCUT2D eigenvalue weighted by molar-refractivity contribution is -0.119. The molecule has 1 aliphatic carbocycles. The molecule has 2 aromatic carbocycles. The van der Waals surface area contributed by atoms with Crippen LogP contribution in [0.25, 0.3) is 5.69 Å². The van der Waals surface area contributed by atoms with Gasteiger partial charge in [0.15, 0.2) is 5.16 Å². The molecule has 1 unspecified atom stereocenters. The SMILES string of the molecule is Cc1cc(C)cc(-n2ccnc2SCC(=O)NC2CCc3ccccc32)c1. The summed E-state index contributed by atoms with van der Waals surface area (Å²) in [6.07, 6.45) is 5.74. The van der Waals surface area contributed by atoms with Gasteiger partial charge in [0.2, 0.25) is 5.91 Å². The molecular weight excluding hydrogens is 354 g/mol. The monoisotopic (exact) mass is 377 g/mol. The topological polar surface area (TPSA) is 46.9 Å². The third-order valence-corrected chi connectivity index (χ3v) is 5.86. The number of carbonyl (C=O) groups is 1. The minimum absolute atomic E-state index is 0.0525. The first-order valence-corrected chi connectivity index (χ1v) is 10.2. The first-order valence-electron chi connectivity index (χ1n) is 9.22. The molecule has 1 aliphatic rings. The number of carbonyl (C=O) groups excluding carboxylic acids is 1. The number of aryl methyl sites for hydroxylation is 3. The van der Waals surface area contributed by atoms with Gasteiger partial charge in [0, 0.05) is 18.1 Å². The van der Waals surface area contributed by atoms with E-state index < -0.39 is 0 Å². The molecule has 5 heteroatoms. The van der Waals surface area contributed by atoms with Gasteiger partial charge >= 0.3 is 0 Å². The maximum Gasteiger partial charge on any atom is 0.230 e. The van der Waals surface area contributed by atoms with Gasteiger partial charge in [-0.25, -0.2) is 4.98 Å². The Bertz CT molecular complexity index is 959. The second kappa shape index (κ2) is 7.61. The number of nitrogens with one attached hydrogen (secondary N) is 1. The highest BCUT2D eigenvalue weighted by atomic mass is 32.2. The summed E-state index contributed by atoms with van der Waals surface area (Å²) in [6.45, 7) is 4.18. The number of fused-ring (bicyclic) bond motifs is 1. The summed E-state index contributed by atoms with van der Waals surface area (Å²) >= 11 is 1.47. The highest BCUT2D eigenvalue weighted by Crippen LogP contribution is 2.31. The van der Waals surface area contributed by atoms with Crippen LogP contribution in [0.1, 0.15) is 34.7 Å². The van der Waals surface area contributed by atoms with E-state index in [-0.39, 0.29) is 11.9 Å². The smallest absolute Gasteiger partial charge is 0.230 e. The van der Waals surface area contributed by atoms with Crippen molar-refractivity contribution < 1.29 is 4.79 Å². The van der Waals surface area contributed by atoms with E-state index in [2.05, 4.69) is 60.5 Å². The summed E-state index contributed by atoms with van der Waals surface area (Å²) < 4.78 is 2.04. The molecule has 0 aliphatic heterocycles. The predicted molar refractivity (Wildman–Crippen MR) is 109 cm³/mol. The Kier molecular flexibility index (Phi) is 5.03. The van der Waals surface area contributed by atoms with Gasteiger partial charge in [-0.1, -0.05) is 42.1 Å². The van der Waals surface area contributed by atoms with Crippen molar-refractivity contribution in [2.75, 3.05) is 5.75 Å². The van der Waals surface area contributed by atoms with E-state index in [0.717, 1.165) is 23.7 Å². The van der Waals surface area contributed by atoms with E-state index in [4.69, 9.17) is 0 Å². The number of nitrogens with zero attached hydrogens (tertiary/aromatic N) is 2. The van der Waals surface area contributed by atoms with Crippen molar-refractivity contribution >= 4 is 17.7 Å². The Balaban J connectivity index is 1.41. The number of amides is 1. The molecule has 1 N–H and O–H groups in total. The Hall–Kier alpha value is -2.53. The van der Waals surface area contributed by atoms with E-state index in [1.807, 2.05) is 16.8 Å². The van der Waals surface area contributed by atoms with Crippen LogP contribution >= 0.6 is 11.8 Å². The molecule has 1 amide bonds. The Labute approximate surface area is 164 Å². The maximum absolute atomic E-state index is 12.5. The molecule has 0 fully saturated rings. The van der Waals surface area contributed by atoms with Gasteiger partial charge in [-0.2, -0.15) is 0 Å². The van der Waals surface area contributed by atoms with Crippen LogP contribution in [-0.2, 0) is 11.2 Å². The summed E-state index contributed by atoms with van der Waals surface area (Å²) in [6, 6.07) is 14.9. The molecule has 4 nitrogen and oxygen atoms in total. The van der Waals surface area contributed by atoms with Crippen LogP contribution in [0, 0.1) is 13.8 Å². The number of rotatable bonds is 5. The van der Waals surface area contributed by atoms with E-state index in [9.17, 15) is 4.79 Å². The molecule has 3 aromatic rings. The zero-order chi connectivity index (χ0) is 18.8. The number of thioether (sulfide) groups is 1. The van der Waals surface area contributed by atoms with Crippen LogP contribution in [0.2, 0.25) is 0 Å². The van der Waals surface area contributed by atoms with Crippen LogP contribution in [0.4, 0.5) is 0 Å². The fourth-order valence-electron chi connectivity index (χ4n) is 3.76. The Morgan fingerprint density at radius 3 is 2.81 bits per heavy atom. The largest absolute Gasteiger partial charge is 0.349 e. The normalized spacial score (nSPS) is 15.6. The van der Waals surface area contributed by atoms with Gasteiger partial charge in [-0.15, -0.1) is 0 Å². The van der Waals surface area contributed by atoms with Crippen molar-refractivity contribution in [1.29, 1.82) is 0 Å². The van der Waals surface area contributed by atoms with Crippen LogP contribution in [0.3, 0.4) is 0 Å². The van der Waals surface area contributed by atoms with Gasteiger partial charge in [0.1, 0.15) is 0 Å². The van der Waals surface area contributed by atoms with Crippen LogP contribution in [0.15, 0.2) is 60.0 Å². The average molecular weight is 378 g/mol. The number of imidazole rings is 1. The molecule has 1 aromatic heterocycles. The Morgan fingerprint density at radius 2 is 2.00 bits per heavy atom.